The zero-order valence-corrected chi connectivity index (χ0v) is 10.7. The van der Waals surface area contributed by atoms with E-state index in [1.807, 2.05) is 6.20 Å². The molecule has 1 unspecified atom stereocenters. The maximum Gasteiger partial charge on any atom is 0.130 e. The second kappa shape index (κ2) is 6.07. The molecule has 1 aromatic rings. The van der Waals surface area contributed by atoms with Crippen molar-refractivity contribution in [1.82, 2.24) is 15.3 Å². The lowest BCUT2D eigenvalue weighted by molar-refractivity contribution is 0.200. The van der Waals surface area contributed by atoms with Gasteiger partial charge in [0.2, 0.25) is 0 Å². The van der Waals surface area contributed by atoms with Crippen LogP contribution in [0.4, 0.5) is 0 Å². The summed E-state index contributed by atoms with van der Waals surface area (Å²) in [7, 11) is 1.71. The average Bonchev–Trinajstić information content (AvgIpc) is 2.37. The predicted molar refractivity (Wildman–Crippen MR) is 67.0 cm³/mol. The molecule has 2 rings (SSSR count). The molecule has 1 aliphatic rings. The molecule has 0 radical (unpaired) electrons. The highest BCUT2D eigenvalue weighted by Gasteiger charge is 2.21. The number of methoxy groups -OCH3 is 1. The highest BCUT2D eigenvalue weighted by Crippen LogP contribution is 2.27. The number of fused-ring (bicyclic) bond motifs is 1. The summed E-state index contributed by atoms with van der Waals surface area (Å²) in [6, 6.07) is 0.445. The number of hydrogen-bond donors (Lipinski definition) is 1. The first kappa shape index (κ1) is 12.5. The van der Waals surface area contributed by atoms with Crippen LogP contribution in [0.15, 0.2) is 6.20 Å². The second-order valence-corrected chi connectivity index (χ2v) is 4.43. The molecule has 1 aromatic heterocycles. The van der Waals surface area contributed by atoms with Crippen molar-refractivity contribution >= 4 is 0 Å². The zero-order chi connectivity index (χ0) is 12.1. The number of aromatic nitrogens is 2. The summed E-state index contributed by atoms with van der Waals surface area (Å²) in [5, 5.41) is 3.50. The number of nitrogens with one attached hydrogen (secondary N) is 1. The molecule has 0 aromatic carbocycles. The molecule has 0 spiro atoms. The maximum absolute atomic E-state index is 5.06. The van der Waals surface area contributed by atoms with Gasteiger partial charge < -0.3 is 10.1 Å². The van der Waals surface area contributed by atoms with E-state index >= 15 is 0 Å². The summed E-state index contributed by atoms with van der Waals surface area (Å²) >= 11 is 0. The van der Waals surface area contributed by atoms with Gasteiger partial charge in [0.05, 0.1) is 6.61 Å². The molecule has 17 heavy (non-hydrogen) atoms. The highest BCUT2D eigenvalue weighted by atomic mass is 16.5. The minimum Gasteiger partial charge on any atom is -0.384 e. The average molecular weight is 235 g/mol. The van der Waals surface area contributed by atoms with Gasteiger partial charge in [-0.05, 0) is 25.8 Å². The Morgan fingerprint density at radius 3 is 3.18 bits per heavy atom. The summed E-state index contributed by atoms with van der Waals surface area (Å²) in [6.45, 7) is 3.83. The molecule has 4 nitrogen and oxygen atoms in total. The third-order valence-corrected chi connectivity index (χ3v) is 3.21. The zero-order valence-electron chi connectivity index (χ0n) is 10.7. The first-order valence-electron chi connectivity index (χ1n) is 6.42. The van der Waals surface area contributed by atoms with Crippen LogP contribution in [0.2, 0.25) is 0 Å². The van der Waals surface area contributed by atoms with Gasteiger partial charge in [-0.3, -0.25) is 0 Å². The standard InChI is InChI=1S/C13H21N3O/c1-3-14-11-5-4-6-12-10(11)9-15-13(16-12)7-8-17-2/h9,11,14H,3-8H2,1-2H3. The minimum atomic E-state index is 0.445. The van der Waals surface area contributed by atoms with Gasteiger partial charge in [0.15, 0.2) is 0 Å². The second-order valence-electron chi connectivity index (χ2n) is 4.43. The van der Waals surface area contributed by atoms with E-state index in [9.17, 15) is 0 Å². The molecular weight excluding hydrogens is 214 g/mol. The SMILES string of the molecule is CCNC1CCCc2nc(CCOC)ncc21. The van der Waals surface area contributed by atoms with Gasteiger partial charge in [-0.15, -0.1) is 0 Å². The minimum absolute atomic E-state index is 0.445. The van der Waals surface area contributed by atoms with Crippen LogP contribution in [-0.2, 0) is 17.6 Å². The smallest absolute Gasteiger partial charge is 0.130 e. The van der Waals surface area contributed by atoms with Crippen molar-refractivity contribution in [2.45, 2.75) is 38.6 Å². The quantitative estimate of drug-likeness (QED) is 0.843. The van der Waals surface area contributed by atoms with E-state index in [0.29, 0.717) is 12.6 Å². The summed E-state index contributed by atoms with van der Waals surface area (Å²) in [5.74, 6) is 0.905. The molecule has 1 heterocycles. The van der Waals surface area contributed by atoms with Crippen LogP contribution in [0, 0.1) is 0 Å². The van der Waals surface area contributed by atoms with Gasteiger partial charge in [0.1, 0.15) is 5.82 Å². The molecule has 0 amide bonds. The Balaban J connectivity index is 2.14. The van der Waals surface area contributed by atoms with E-state index in [4.69, 9.17) is 4.74 Å². The van der Waals surface area contributed by atoms with Crippen molar-refractivity contribution < 1.29 is 4.74 Å². The molecule has 4 heteroatoms. The molecule has 1 aliphatic carbocycles. The normalized spacial score (nSPS) is 19.1. The largest absolute Gasteiger partial charge is 0.384 e. The van der Waals surface area contributed by atoms with Gasteiger partial charge in [0.25, 0.3) is 0 Å². The maximum atomic E-state index is 5.06. The van der Waals surface area contributed by atoms with E-state index < -0.39 is 0 Å². The van der Waals surface area contributed by atoms with Crippen LogP contribution in [0.5, 0.6) is 0 Å². The Bertz CT molecular complexity index is 368. The first-order valence-corrected chi connectivity index (χ1v) is 6.42. The lowest BCUT2D eigenvalue weighted by atomic mass is 9.92. The van der Waals surface area contributed by atoms with Gasteiger partial charge in [-0.2, -0.15) is 0 Å². The van der Waals surface area contributed by atoms with Crippen LogP contribution in [0.1, 0.15) is 42.9 Å². The van der Waals surface area contributed by atoms with E-state index in [-0.39, 0.29) is 0 Å². The number of nitrogens with zero attached hydrogens (tertiary/aromatic N) is 2. The fourth-order valence-corrected chi connectivity index (χ4v) is 2.36. The Labute approximate surface area is 103 Å². The fourth-order valence-electron chi connectivity index (χ4n) is 2.36. The van der Waals surface area contributed by atoms with Gasteiger partial charge in [-0.25, -0.2) is 9.97 Å². The molecule has 0 fully saturated rings. The predicted octanol–water partition coefficient (Wildman–Crippen LogP) is 1.65. The number of ether oxygens (including phenoxy) is 1. The Kier molecular flexibility index (Phi) is 4.45. The fraction of sp³-hybridized carbons (Fsp3) is 0.692. The van der Waals surface area contributed by atoms with Gasteiger partial charge >= 0.3 is 0 Å². The Morgan fingerprint density at radius 2 is 2.41 bits per heavy atom. The molecule has 94 valence electrons. The van der Waals surface area contributed by atoms with E-state index in [1.54, 1.807) is 7.11 Å². The van der Waals surface area contributed by atoms with E-state index in [1.165, 1.54) is 24.1 Å². The molecule has 0 bridgehead atoms. The van der Waals surface area contributed by atoms with Crippen LogP contribution in [-0.4, -0.2) is 30.2 Å². The highest BCUT2D eigenvalue weighted by molar-refractivity contribution is 5.24. The van der Waals surface area contributed by atoms with Crippen LogP contribution in [0.3, 0.4) is 0 Å². The van der Waals surface area contributed by atoms with Crippen molar-refractivity contribution in [2.24, 2.45) is 0 Å². The number of rotatable bonds is 5. The lowest BCUT2D eigenvalue weighted by Crippen LogP contribution is -2.26. The van der Waals surface area contributed by atoms with Crippen molar-refractivity contribution in [3.8, 4) is 0 Å². The summed E-state index contributed by atoms with van der Waals surface area (Å²) in [4.78, 5) is 9.08. The van der Waals surface area contributed by atoms with Gasteiger partial charge in [0, 0.05) is 37.0 Å². The van der Waals surface area contributed by atoms with Crippen LogP contribution < -0.4 is 5.32 Å². The molecule has 1 N–H and O–H groups in total. The Hall–Kier alpha value is -1.00. The molecule has 0 saturated heterocycles. The van der Waals surface area contributed by atoms with Crippen molar-refractivity contribution in [3.05, 3.63) is 23.3 Å². The Morgan fingerprint density at radius 1 is 1.53 bits per heavy atom. The van der Waals surface area contributed by atoms with Crippen molar-refractivity contribution in [1.29, 1.82) is 0 Å². The third kappa shape index (κ3) is 3.01. The number of hydrogen-bond acceptors (Lipinski definition) is 4. The van der Waals surface area contributed by atoms with Crippen LogP contribution in [0.25, 0.3) is 0 Å². The molecule has 0 saturated carbocycles. The monoisotopic (exact) mass is 235 g/mol. The van der Waals surface area contributed by atoms with Crippen LogP contribution >= 0.6 is 0 Å². The third-order valence-electron chi connectivity index (χ3n) is 3.21. The van der Waals surface area contributed by atoms with Crippen molar-refractivity contribution in [2.75, 3.05) is 20.3 Å². The van der Waals surface area contributed by atoms with E-state index in [0.717, 1.165) is 25.2 Å². The molecule has 0 aliphatic heterocycles. The summed E-state index contributed by atoms with van der Waals surface area (Å²) < 4.78 is 5.06. The summed E-state index contributed by atoms with van der Waals surface area (Å²) in [5.41, 5.74) is 2.52. The number of aryl methyl sites for hydroxylation is 1. The molecule has 1 atom stereocenters. The topological polar surface area (TPSA) is 47.0 Å². The van der Waals surface area contributed by atoms with Crippen molar-refractivity contribution in [3.63, 3.8) is 0 Å². The summed E-state index contributed by atoms with van der Waals surface area (Å²) in [6.07, 6.45) is 6.29. The first-order chi connectivity index (χ1) is 8.35. The van der Waals surface area contributed by atoms with Gasteiger partial charge in [-0.1, -0.05) is 6.92 Å². The molecular formula is C13H21N3O. The lowest BCUT2D eigenvalue weighted by Gasteiger charge is -2.25. The van der Waals surface area contributed by atoms with E-state index in [2.05, 4.69) is 22.2 Å².